The Morgan fingerprint density at radius 3 is 2.45 bits per heavy atom. The van der Waals surface area contributed by atoms with Crippen LogP contribution in [0.25, 0.3) is 6.08 Å². The summed E-state index contributed by atoms with van der Waals surface area (Å²) < 4.78 is 15.8. The van der Waals surface area contributed by atoms with Crippen molar-refractivity contribution in [3.05, 3.63) is 65.2 Å². The Labute approximate surface area is 222 Å². The highest BCUT2D eigenvalue weighted by molar-refractivity contribution is 8.27. The fraction of sp³-hybridized carbons (Fsp3) is 0.231. The Balaban J connectivity index is 1.25. The first-order valence-corrected chi connectivity index (χ1v) is 12.5. The number of nitrogens with zero attached hydrogens (tertiary/aromatic N) is 4. The molecule has 0 unspecified atom stereocenters. The van der Waals surface area contributed by atoms with Gasteiger partial charge in [0.15, 0.2) is 5.84 Å². The fourth-order valence-corrected chi connectivity index (χ4v) is 4.72. The lowest BCUT2D eigenvalue weighted by molar-refractivity contribution is -0.133. The van der Waals surface area contributed by atoms with Crippen molar-refractivity contribution in [3.63, 3.8) is 0 Å². The first-order valence-electron chi connectivity index (χ1n) is 11.7. The van der Waals surface area contributed by atoms with Gasteiger partial charge in [-0.3, -0.25) is 15.0 Å². The number of nitrogens with one attached hydrogen (secondary N) is 1. The molecule has 12 heteroatoms. The maximum absolute atomic E-state index is 12.7. The van der Waals surface area contributed by atoms with Gasteiger partial charge >= 0.3 is 5.97 Å². The van der Waals surface area contributed by atoms with Gasteiger partial charge in [-0.1, -0.05) is 12.1 Å². The number of carbonyl (C=O) groups excluding carboxylic acids is 3. The van der Waals surface area contributed by atoms with E-state index in [2.05, 4.69) is 10.1 Å². The third-order valence-electron chi connectivity index (χ3n) is 5.89. The zero-order valence-electron chi connectivity index (χ0n) is 20.4. The standard InChI is InChI=1S/C26H23N5O6S/c1-35-18-8-4-17(5-9-18)25(34)37-19-6-2-16(3-7-19)14-20-23(27)31-26(28-24(20)33)38-21(29-31)15-22(32)30-10-12-36-13-11-30/h2-9,14,27H,10-13,15H2,1H3. The molecule has 3 aliphatic rings. The summed E-state index contributed by atoms with van der Waals surface area (Å²) in [4.78, 5) is 43.4. The van der Waals surface area contributed by atoms with Crippen LogP contribution in [0.3, 0.4) is 0 Å². The topological polar surface area (TPSA) is 134 Å². The van der Waals surface area contributed by atoms with Crippen LogP contribution in [0.5, 0.6) is 11.5 Å². The average Bonchev–Trinajstić information content (AvgIpc) is 3.34. The highest BCUT2D eigenvalue weighted by atomic mass is 32.2. The number of aliphatic imine (C=N–C) groups is 1. The van der Waals surface area contributed by atoms with E-state index in [9.17, 15) is 14.4 Å². The average molecular weight is 534 g/mol. The number of morpholine rings is 1. The summed E-state index contributed by atoms with van der Waals surface area (Å²) in [5.41, 5.74) is 1.04. The van der Waals surface area contributed by atoms with Crippen molar-refractivity contribution in [1.82, 2.24) is 9.91 Å². The Kier molecular flexibility index (Phi) is 7.33. The molecule has 0 bridgehead atoms. The number of hydrogen-bond donors (Lipinski definition) is 1. The molecule has 2 amide bonds. The van der Waals surface area contributed by atoms with Crippen LogP contribution in [0.4, 0.5) is 0 Å². The van der Waals surface area contributed by atoms with Crippen molar-refractivity contribution in [2.75, 3.05) is 33.4 Å². The second-order valence-electron chi connectivity index (χ2n) is 8.37. The third kappa shape index (κ3) is 5.50. The Morgan fingerprint density at radius 1 is 1.08 bits per heavy atom. The number of methoxy groups -OCH3 is 1. The van der Waals surface area contributed by atoms with Gasteiger partial charge in [0.25, 0.3) is 5.91 Å². The number of ether oxygens (including phenoxy) is 3. The SMILES string of the molecule is COc1ccc(C(=O)Oc2ccc(C=C3C(=N)N4N=C(CC(=O)N5CCOCC5)SC4=NC3=O)cc2)cc1. The minimum atomic E-state index is -0.570. The Morgan fingerprint density at radius 2 is 1.76 bits per heavy atom. The second-order valence-corrected chi connectivity index (χ2v) is 9.41. The molecule has 0 radical (unpaired) electrons. The second kappa shape index (κ2) is 11.0. The summed E-state index contributed by atoms with van der Waals surface area (Å²) in [6, 6.07) is 13.1. The molecule has 194 valence electrons. The summed E-state index contributed by atoms with van der Waals surface area (Å²) in [5.74, 6) is -0.336. The molecule has 0 spiro atoms. The lowest BCUT2D eigenvalue weighted by Crippen LogP contribution is -2.41. The van der Waals surface area contributed by atoms with Crippen LogP contribution < -0.4 is 9.47 Å². The number of amides is 2. The maximum Gasteiger partial charge on any atom is 0.343 e. The molecule has 1 N–H and O–H groups in total. The fourth-order valence-electron chi connectivity index (χ4n) is 3.85. The minimum Gasteiger partial charge on any atom is -0.497 e. The van der Waals surface area contributed by atoms with Gasteiger partial charge in [-0.05, 0) is 59.8 Å². The molecule has 38 heavy (non-hydrogen) atoms. The van der Waals surface area contributed by atoms with Crippen LogP contribution in [0, 0.1) is 5.41 Å². The molecular formula is C26H23N5O6S. The molecule has 1 saturated heterocycles. The minimum absolute atomic E-state index is 0.0573. The zero-order valence-corrected chi connectivity index (χ0v) is 21.2. The summed E-state index contributed by atoms with van der Waals surface area (Å²) in [7, 11) is 1.54. The number of thioether (sulfide) groups is 1. The van der Waals surface area contributed by atoms with E-state index in [1.807, 2.05) is 0 Å². The largest absolute Gasteiger partial charge is 0.497 e. The molecule has 3 aliphatic heterocycles. The number of benzene rings is 2. The summed E-state index contributed by atoms with van der Waals surface area (Å²) in [5, 5.41) is 14.9. The van der Waals surface area contributed by atoms with Crippen molar-refractivity contribution in [2.24, 2.45) is 10.1 Å². The van der Waals surface area contributed by atoms with Crippen LogP contribution in [0.2, 0.25) is 0 Å². The number of rotatable bonds is 6. The summed E-state index contributed by atoms with van der Waals surface area (Å²) in [6.07, 6.45) is 1.59. The molecule has 2 aromatic carbocycles. The van der Waals surface area contributed by atoms with Crippen molar-refractivity contribution < 1.29 is 28.6 Å². The highest BCUT2D eigenvalue weighted by Gasteiger charge is 2.36. The molecule has 5 rings (SSSR count). The van der Waals surface area contributed by atoms with E-state index in [4.69, 9.17) is 19.6 Å². The van der Waals surface area contributed by atoms with Gasteiger partial charge in [-0.15, -0.1) is 0 Å². The number of amidine groups is 2. The maximum atomic E-state index is 12.7. The molecular weight excluding hydrogens is 510 g/mol. The monoisotopic (exact) mass is 533 g/mol. The molecule has 0 atom stereocenters. The van der Waals surface area contributed by atoms with Gasteiger partial charge in [0, 0.05) is 13.1 Å². The van der Waals surface area contributed by atoms with Crippen molar-refractivity contribution in [2.45, 2.75) is 6.42 Å². The van der Waals surface area contributed by atoms with Crippen LogP contribution >= 0.6 is 11.8 Å². The predicted molar refractivity (Wildman–Crippen MR) is 141 cm³/mol. The van der Waals surface area contributed by atoms with Gasteiger partial charge in [-0.25, -0.2) is 4.79 Å². The normalized spacial score (nSPS) is 18.2. The van der Waals surface area contributed by atoms with E-state index in [-0.39, 0.29) is 28.9 Å². The first kappa shape index (κ1) is 25.4. The third-order valence-corrected chi connectivity index (χ3v) is 6.80. The lowest BCUT2D eigenvalue weighted by Gasteiger charge is -2.26. The van der Waals surface area contributed by atoms with E-state index in [0.29, 0.717) is 54.0 Å². The number of fused-ring (bicyclic) bond motifs is 1. The van der Waals surface area contributed by atoms with Gasteiger partial charge in [0.05, 0.1) is 37.9 Å². The van der Waals surface area contributed by atoms with Crippen molar-refractivity contribution >= 4 is 51.7 Å². The van der Waals surface area contributed by atoms with Gasteiger partial charge in [-0.2, -0.15) is 15.1 Å². The van der Waals surface area contributed by atoms with Crippen LogP contribution in [-0.4, -0.2) is 77.2 Å². The van der Waals surface area contributed by atoms with Crippen LogP contribution in [-0.2, 0) is 14.3 Å². The molecule has 1 fully saturated rings. The molecule has 2 aromatic rings. The first-order chi connectivity index (χ1) is 18.4. The van der Waals surface area contributed by atoms with E-state index < -0.39 is 11.9 Å². The Bertz CT molecular complexity index is 1380. The Hall–Kier alpha value is -4.29. The van der Waals surface area contributed by atoms with Crippen LogP contribution in [0.1, 0.15) is 22.3 Å². The predicted octanol–water partition coefficient (Wildman–Crippen LogP) is 2.78. The van der Waals surface area contributed by atoms with Gasteiger partial charge in [0.2, 0.25) is 11.1 Å². The van der Waals surface area contributed by atoms with E-state index in [1.54, 1.807) is 60.5 Å². The van der Waals surface area contributed by atoms with Gasteiger partial charge in [0.1, 0.15) is 16.5 Å². The molecule has 3 heterocycles. The number of esters is 1. The quantitative estimate of drug-likeness (QED) is 0.340. The smallest absolute Gasteiger partial charge is 0.343 e. The van der Waals surface area contributed by atoms with Crippen molar-refractivity contribution in [1.29, 1.82) is 5.41 Å². The van der Waals surface area contributed by atoms with E-state index in [1.165, 1.54) is 11.1 Å². The summed E-state index contributed by atoms with van der Waals surface area (Å²) >= 11 is 1.11. The van der Waals surface area contributed by atoms with Crippen LogP contribution in [0.15, 0.2) is 64.2 Å². The van der Waals surface area contributed by atoms with Gasteiger partial charge < -0.3 is 19.1 Å². The highest BCUT2D eigenvalue weighted by Crippen LogP contribution is 2.30. The van der Waals surface area contributed by atoms with E-state index >= 15 is 0 Å². The van der Waals surface area contributed by atoms with Crippen molar-refractivity contribution in [3.8, 4) is 11.5 Å². The zero-order chi connectivity index (χ0) is 26.6. The molecule has 0 aromatic heterocycles. The number of carbonyl (C=O) groups is 3. The summed E-state index contributed by atoms with van der Waals surface area (Å²) in [6.45, 7) is 2.07. The molecule has 0 saturated carbocycles. The van der Waals surface area contributed by atoms with E-state index in [0.717, 1.165) is 11.8 Å². The molecule has 11 nitrogen and oxygen atoms in total. The lowest BCUT2D eigenvalue weighted by atomic mass is 10.1. The molecule has 0 aliphatic carbocycles. The number of hydrazone groups is 1. The number of hydrogen-bond acceptors (Lipinski definition) is 9.